The zero-order valence-corrected chi connectivity index (χ0v) is 16.3. The van der Waals surface area contributed by atoms with Crippen molar-refractivity contribution in [3.8, 4) is 5.75 Å². The van der Waals surface area contributed by atoms with Crippen LogP contribution in [0, 0.1) is 13.8 Å². The molecule has 0 fully saturated rings. The molecule has 1 amide bonds. The van der Waals surface area contributed by atoms with E-state index in [1.165, 1.54) is 5.56 Å². The van der Waals surface area contributed by atoms with Crippen molar-refractivity contribution in [3.05, 3.63) is 65.2 Å². The summed E-state index contributed by atoms with van der Waals surface area (Å²) in [6, 6.07) is 14.6. The van der Waals surface area contributed by atoms with Crippen molar-refractivity contribution in [3.63, 3.8) is 0 Å². The second-order valence-electron chi connectivity index (χ2n) is 6.81. The molecular formula is C22H27NO4. The summed E-state index contributed by atoms with van der Waals surface area (Å²) in [4.78, 5) is 24.4. The monoisotopic (exact) mass is 369 g/mol. The zero-order valence-electron chi connectivity index (χ0n) is 16.3. The van der Waals surface area contributed by atoms with Gasteiger partial charge in [0.25, 0.3) is 5.91 Å². The average Bonchev–Trinajstić information content (AvgIpc) is 2.62. The summed E-state index contributed by atoms with van der Waals surface area (Å²) in [5.74, 6) is -0.00242. The summed E-state index contributed by atoms with van der Waals surface area (Å²) in [6.45, 7) is 7.49. The van der Waals surface area contributed by atoms with Gasteiger partial charge in [-0.15, -0.1) is 0 Å². The molecule has 0 radical (unpaired) electrons. The molecular weight excluding hydrogens is 342 g/mol. The second-order valence-corrected chi connectivity index (χ2v) is 6.81. The molecule has 27 heavy (non-hydrogen) atoms. The van der Waals surface area contributed by atoms with Gasteiger partial charge >= 0.3 is 5.97 Å². The highest BCUT2D eigenvalue weighted by Gasteiger charge is 2.20. The van der Waals surface area contributed by atoms with Crippen LogP contribution in [0.25, 0.3) is 0 Å². The van der Waals surface area contributed by atoms with Gasteiger partial charge in [-0.3, -0.25) is 9.59 Å². The zero-order chi connectivity index (χ0) is 19.8. The maximum absolute atomic E-state index is 12.4. The number of hydrogen-bond donors (Lipinski definition) is 1. The molecule has 2 rings (SSSR count). The van der Waals surface area contributed by atoms with E-state index in [0.29, 0.717) is 5.75 Å². The number of rotatable bonds is 8. The van der Waals surface area contributed by atoms with Crippen LogP contribution in [0.3, 0.4) is 0 Å². The minimum Gasteiger partial charge on any atom is -0.484 e. The standard InChI is InChI=1S/C22H27NO4/c1-15(2)27-22(25)13-20(18-8-6-5-7-9-18)23-21(24)14-26-19-11-10-16(3)17(4)12-19/h5-12,15,20H,13-14H2,1-4H3,(H,23,24). The molecule has 0 aliphatic carbocycles. The highest BCUT2D eigenvalue weighted by molar-refractivity contribution is 5.79. The molecule has 0 aliphatic heterocycles. The van der Waals surface area contributed by atoms with E-state index in [2.05, 4.69) is 5.32 Å². The van der Waals surface area contributed by atoms with E-state index >= 15 is 0 Å². The predicted octanol–water partition coefficient (Wildman–Crippen LogP) is 3.88. The molecule has 1 atom stereocenters. The fraction of sp³-hybridized carbons (Fsp3) is 0.364. The molecule has 2 aromatic carbocycles. The van der Waals surface area contributed by atoms with Gasteiger partial charge in [-0.05, 0) is 56.5 Å². The number of nitrogens with one attached hydrogen (secondary N) is 1. The van der Waals surface area contributed by atoms with Crippen LogP contribution in [0.15, 0.2) is 48.5 Å². The summed E-state index contributed by atoms with van der Waals surface area (Å²) in [6.07, 6.45) is -0.130. The third-order valence-electron chi connectivity index (χ3n) is 4.12. The van der Waals surface area contributed by atoms with Crippen molar-refractivity contribution in [1.29, 1.82) is 0 Å². The first-order chi connectivity index (χ1) is 12.8. The van der Waals surface area contributed by atoms with Crippen molar-refractivity contribution in [2.24, 2.45) is 0 Å². The molecule has 5 nitrogen and oxygen atoms in total. The van der Waals surface area contributed by atoms with Crippen LogP contribution in [0.5, 0.6) is 5.75 Å². The fourth-order valence-corrected chi connectivity index (χ4v) is 2.60. The Balaban J connectivity index is 1.99. The van der Waals surface area contributed by atoms with Gasteiger partial charge in [-0.2, -0.15) is 0 Å². The van der Waals surface area contributed by atoms with Gasteiger partial charge in [0.2, 0.25) is 0 Å². The van der Waals surface area contributed by atoms with Crippen molar-refractivity contribution in [1.82, 2.24) is 5.32 Å². The van der Waals surface area contributed by atoms with Crippen LogP contribution < -0.4 is 10.1 Å². The van der Waals surface area contributed by atoms with Crippen molar-refractivity contribution in [2.75, 3.05) is 6.61 Å². The van der Waals surface area contributed by atoms with Crippen molar-refractivity contribution >= 4 is 11.9 Å². The predicted molar refractivity (Wildman–Crippen MR) is 105 cm³/mol. The number of amides is 1. The normalized spacial score (nSPS) is 11.7. The molecule has 1 unspecified atom stereocenters. The van der Waals surface area contributed by atoms with Gasteiger partial charge in [0.1, 0.15) is 5.75 Å². The van der Waals surface area contributed by atoms with Crippen LogP contribution in [0.1, 0.15) is 43.0 Å². The van der Waals surface area contributed by atoms with Crippen molar-refractivity contribution in [2.45, 2.75) is 46.3 Å². The van der Waals surface area contributed by atoms with E-state index < -0.39 is 6.04 Å². The molecule has 0 bridgehead atoms. The first-order valence-corrected chi connectivity index (χ1v) is 9.09. The average molecular weight is 369 g/mol. The summed E-state index contributed by atoms with van der Waals surface area (Å²) >= 11 is 0. The van der Waals surface area contributed by atoms with Gasteiger partial charge in [-0.25, -0.2) is 0 Å². The maximum atomic E-state index is 12.4. The van der Waals surface area contributed by atoms with Crippen LogP contribution in [-0.2, 0) is 14.3 Å². The minimum atomic E-state index is -0.465. The summed E-state index contributed by atoms with van der Waals surface area (Å²) in [5.41, 5.74) is 3.11. The van der Waals surface area contributed by atoms with Crippen LogP contribution in [0.2, 0.25) is 0 Å². The Morgan fingerprint density at radius 1 is 1.00 bits per heavy atom. The molecule has 0 saturated carbocycles. The Hall–Kier alpha value is -2.82. The Morgan fingerprint density at radius 2 is 1.70 bits per heavy atom. The number of hydrogen-bond acceptors (Lipinski definition) is 4. The summed E-state index contributed by atoms with van der Waals surface area (Å²) in [7, 11) is 0. The van der Waals surface area contributed by atoms with E-state index in [9.17, 15) is 9.59 Å². The number of benzene rings is 2. The second kappa shape index (κ2) is 9.76. The molecule has 0 saturated heterocycles. The number of carbonyl (C=O) groups is 2. The first-order valence-electron chi connectivity index (χ1n) is 9.09. The molecule has 0 aliphatic rings. The minimum absolute atomic E-state index is 0.0670. The van der Waals surface area contributed by atoms with Gasteiger partial charge < -0.3 is 14.8 Å². The quantitative estimate of drug-likeness (QED) is 0.717. The highest BCUT2D eigenvalue weighted by Crippen LogP contribution is 2.19. The molecule has 2 aromatic rings. The lowest BCUT2D eigenvalue weighted by Gasteiger charge is -2.19. The maximum Gasteiger partial charge on any atom is 0.308 e. The summed E-state index contributed by atoms with van der Waals surface area (Å²) in [5, 5.41) is 2.87. The lowest BCUT2D eigenvalue weighted by Crippen LogP contribution is -2.34. The molecule has 5 heteroatoms. The molecule has 0 spiro atoms. The van der Waals surface area contributed by atoms with E-state index in [4.69, 9.17) is 9.47 Å². The topological polar surface area (TPSA) is 64.6 Å². The smallest absolute Gasteiger partial charge is 0.308 e. The highest BCUT2D eigenvalue weighted by atomic mass is 16.5. The summed E-state index contributed by atoms with van der Waals surface area (Å²) < 4.78 is 10.8. The van der Waals surface area contributed by atoms with E-state index in [0.717, 1.165) is 11.1 Å². The van der Waals surface area contributed by atoms with Gasteiger partial charge in [0.05, 0.1) is 18.6 Å². The third-order valence-corrected chi connectivity index (χ3v) is 4.12. The largest absolute Gasteiger partial charge is 0.484 e. The molecule has 0 aromatic heterocycles. The number of carbonyl (C=O) groups excluding carboxylic acids is 2. The third kappa shape index (κ3) is 6.77. The number of esters is 1. The Morgan fingerprint density at radius 3 is 2.33 bits per heavy atom. The van der Waals surface area contributed by atoms with Gasteiger partial charge in [0.15, 0.2) is 6.61 Å². The SMILES string of the molecule is Cc1ccc(OCC(=O)NC(CC(=O)OC(C)C)c2ccccc2)cc1C. The Kier molecular flexibility index (Phi) is 7.41. The Bertz CT molecular complexity index is 771. The van der Waals surface area contributed by atoms with Crippen molar-refractivity contribution < 1.29 is 19.1 Å². The lowest BCUT2D eigenvalue weighted by atomic mass is 10.0. The number of aryl methyl sites for hydroxylation is 2. The van der Waals surface area contributed by atoms with E-state index in [-0.39, 0.29) is 31.0 Å². The van der Waals surface area contributed by atoms with Gasteiger partial charge in [0, 0.05) is 0 Å². The molecule has 144 valence electrons. The Labute approximate surface area is 160 Å². The van der Waals surface area contributed by atoms with Crippen LogP contribution in [0.4, 0.5) is 0 Å². The molecule has 1 N–H and O–H groups in total. The fourth-order valence-electron chi connectivity index (χ4n) is 2.60. The van der Waals surface area contributed by atoms with E-state index in [1.54, 1.807) is 13.8 Å². The van der Waals surface area contributed by atoms with Crippen LogP contribution in [-0.4, -0.2) is 24.6 Å². The lowest BCUT2D eigenvalue weighted by molar-refractivity contribution is -0.148. The van der Waals surface area contributed by atoms with Gasteiger partial charge in [-0.1, -0.05) is 36.4 Å². The molecule has 0 heterocycles. The number of ether oxygens (including phenoxy) is 2. The van der Waals surface area contributed by atoms with E-state index in [1.807, 2.05) is 62.4 Å². The van der Waals surface area contributed by atoms with Crippen LogP contribution >= 0.6 is 0 Å². The first kappa shape index (κ1) is 20.5.